The first-order chi connectivity index (χ1) is 12.3. The van der Waals surface area contributed by atoms with Crippen molar-refractivity contribution in [3.63, 3.8) is 0 Å². The summed E-state index contributed by atoms with van der Waals surface area (Å²) in [6.45, 7) is 15.4. The van der Waals surface area contributed by atoms with Crippen LogP contribution in [0, 0.1) is 22.7 Å². The number of rotatable bonds is 2. The molecule has 2 saturated carbocycles. The molecule has 0 aromatic carbocycles. The second kappa shape index (κ2) is 6.15. The lowest BCUT2D eigenvalue weighted by Crippen LogP contribution is -2.72. The van der Waals surface area contributed by atoms with Crippen molar-refractivity contribution in [2.75, 3.05) is 0 Å². The fourth-order valence-corrected chi connectivity index (χ4v) is 6.83. The highest BCUT2D eigenvalue weighted by molar-refractivity contribution is 5.85. The first-order valence-electron chi connectivity index (χ1n) is 10.0. The predicted molar refractivity (Wildman–Crippen MR) is 102 cm³/mol. The minimum atomic E-state index is -0.821. The van der Waals surface area contributed by atoms with Crippen LogP contribution >= 0.6 is 0 Å². The number of hydrogen-bond acceptors (Lipinski definition) is 5. The van der Waals surface area contributed by atoms with Crippen LogP contribution in [0.25, 0.3) is 0 Å². The SMILES string of the molecule is C=C[C@@]1(C)CC(=O)[C@@H]2[C@@]3(C)[C@@H](O)CCC(C)(C)[C@@H]3[C@H](OC(C)=O)C[C@@]2(C)O1. The normalized spacial score (nSPS) is 48.9. The number of hydrogen-bond donors (Lipinski definition) is 1. The zero-order valence-corrected chi connectivity index (χ0v) is 17.5. The van der Waals surface area contributed by atoms with Gasteiger partial charge in [-0.25, -0.2) is 0 Å². The summed E-state index contributed by atoms with van der Waals surface area (Å²) in [5, 5.41) is 11.1. The van der Waals surface area contributed by atoms with Crippen LogP contribution in [0.15, 0.2) is 12.7 Å². The van der Waals surface area contributed by atoms with Crippen molar-refractivity contribution in [2.24, 2.45) is 22.7 Å². The second-order valence-electron chi connectivity index (χ2n) is 10.2. The van der Waals surface area contributed by atoms with Crippen molar-refractivity contribution in [1.82, 2.24) is 0 Å². The third-order valence-electron chi connectivity index (χ3n) is 7.57. The molecule has 0 bridgehead atoms. The molecular formula is C22H34O5. The minimum absolute atomic E-state index is 0.108. The Morgan fingerprint density at radius 2 is 1.93 bits per heavy atom. The number of esters is 1. The Balaban J connectivity index is 2.17. The van der Waals surface area contributed by atoms with Crippen LogP contribution in [0.4, 0.5) is 0 Å². The third kappa shape index (κ3) is 2.98. The van der Waals surface area contributed by atoms with Gasteiger partial charge in [-0.2, -0.15) is 0 Å². The Kier molecular flexibility index (Phi) is 4.68. The molecule has 3 fully saturated rings. The van der Waals surface area contributed by atoms with Crippen LogP contribution in [0.3, 0.4) is 0 Å². The number of fused-ring (bicyclic) bond motifs is 3. The quantitative estimate of drug-likeness (QED) is 0.589. The maximum Gasteiger partial charge on any atom is 0.302 e. The van der Waals surface area contributed by atoms with Crippen LogP contribution in [0.1, 0.15) is 67.2 Å². The van der Waals surface area contributed by atoms with Crippen molar-refractivity contribution in [3.8, 4) is 0 Å². The topological polar surface area (TPSA) is 72.8 Å². The number of aliphatic hydroxyl groups is 1. The van der Waals surface area contributed by atoms with Gasteiger partial charge in [0, 0.05) is 31.1 Å². The van der Waals surface area contributed by atoms with Gasteiger partial charge in [0.05, 0.1) is 23.2 Å². The van der Waals surface area contributed by atoms with Gasteiger partial charge in [-0.15, -0.1) is 6.58 Å². The molecule has 152 valence electrons. The van der Waals surface area contributed by atoms with Gasteiger partial charge in [0.15, 0.2) is 0 Å². The van der Waals surface area contributed by atoms with Crippen LogP contribution in [0.5, 0.6) is 0 Å². The summed E-state index contributed by atoms with van der Waals surface area (Å²) < 4.78 is 12.3. The molecule has 0 unspecified atom stereocenters. The van der Waals surface area contributed by atoms with Crippen molar-refractivity contribution in [3.05, 3.63) is 12.7 Å². The molecule has 27 heavy (non-hydrogen) atoms. The molecular weight excluding hydrogens is 344 g/mol. The minimum Gasteiger partial charge on any atom is -0.462 e. The molecule has 3 rings (SSSR count). The number of carbonyl (C=O) groups is 2. The van der Waals surface area contributed by atoms with E-state index in [1.165, 1.54) is 6.92 Å². The number of ether oxygens (including phenoxy) is 2. The molecule has 5 heteroatoms. The number of aliphatic hydroxyl groups excluding tert-OH is 1. The second-order valence-corrected chi connectivity index (χ2v) is 10.2. The molecule has 1 aliphatic heterocycles. The van der Waals surface area contributed by atoms with E-state index in [-0.39, 0.29) is 29.5 Å². The van der Waals surface area contributed by atoms with E-state index < -0.39 is 34.7 Å². The average molecular weight is 379 g/mol. The molecule has 0 aromatic heterocycles. The lowest BCUT2D eigenvalue weighted by atomic mass is 9.42. The zero-order chi connectivity index (χ0) is 20.4. The summed E-state index contributed by atoms with van der Waals surface area (Å²) in [6.07, 6.45) is 2.80. The van der Waals surface area contributed by atoms with Crippen LogP contribution in [-0.4, -0.2) is 40.3 Å². The summed E-state index contributed by atoms with van der Waals surface area (Å²) in [6, 6.07) is 0. The maximum absolute atomic E-state index is 13.4. The van der Waals surface area contributed by atoms with Gasteiger partial charge in [0.2, 0.25) is 0 Å². The first kappa shape index (κ1) is 20.5. The lowest BCUT2D eigenvalue weighted by Gasteiger charge is -2.66. The van der Waals surface area contributed by atoms with E-state index in [1.54, 1.807) is 6.08 Å². The van der Waals surface area contributed by atoms with Crippen LogP contribution in [0.2, 0.25) is 0 Å². The van der Waals surface area contributed by atoms with E-state index in [4.69, 9.17) is 9.47 Å². The smallest absolute Gasteiger partial charge is 0.302 e. The number of ketones is 1. The highest BCUT2D eigenvalue weighted by atomic mass is 16.6. The van der Waals surface area contributed by atoms with Crippen LogP contribution in [-0.2, 0) is 19.1 Å². The molecule has 7 atom stereocenters. The molecule has 0 spiro atoms. The van der Waals surface area contributed by atoms with Gasteiger partial charge in [-0.05, 0) is 32.1 Å². The van der Waals surface area contributed by atoms with E-state index >= 15 is 0 Å². The number of Topliss-reactive ketones (excluding diaryl/α,β-unsaturated/α-hetero) is 1. The van der Waals surface area contributed by atoms with Crippen molar-refractivity contribution in [2.45, 2.75) is 90.6 Å². The lowest BCUT2D eigenvalue weighted by molar-refractivity contribution is -0.284. The largest absolute Gasteiger partial charge is 0.462 e. The molecule has 1 N–H and O–H groups in total. The monoisotopic (exact) mass is 378 g/mol. The molecule has 0 amide bonds. The van der Waals surface area contributed by atoms with Crippen LogP contribution < -0.4 is 0 Å². The standard InChI is InChI=1S/C22H34O5/c1-8-20(5)11-14(24)17-21(6,27-20)12-15(26-13(2)23)18-19(3,4)10-9-16(25)22(17,18)7/h8,15-18,25H,1,9-12H2,2-7H3/t15-,16+,17+,18+,20+,21-,22-/m1/s1. The van der Waals surface area contributed by atoms with Gasteiger partial charge < -0.3 is 14.6 Å². The Morgan fingerprint density at radius 3 is 2.48 bits per heavy atom. The Labute approximate surface area is 162 Å². The van der Waals surface area contributed by atoms with E-state index in [0.717, 1.165) is 6.42 Å². The van der Waals surface area contributed by atoms with Gasteiger partial charge >= 0.3 is 5.97 Å². The van der Waals surface area contributed by atoms with E-state index in [2.05, 4.69) is 20.4 Å². The zero-order valence-electron chi connectivity index (χ0n) is 17.5. The van der Waals surface area contributed by atoms with Crippen molar-refractivity contribution < 1.29 is 24.2 Å². The predicted octanol–water partition coefficient (Wildman–Crippen LogP) is 3.43. The van der Waals surface area contributed by atoms with E-state index in [0.29, 0.717) is 12.8 Å². The van der Waals surface area contributed by atoms with E-state index in [1.807, 2.05) is 20.8 Å². The Hall–Kier alpha value is -1.20. The Morgan fingerprint density at radius 1 is 1.30 bits per heavy atom. The molecule has 1 heterocycles. The third-order valence-corrected chi connectivity index (χ3v) is 7.57. The first-order valence-corrected chi connectivity index (χ1v) is 10.0. The molecule has 0 aromatic rings. The Bertz CT molecular complexity index is 670. The van der Waals surface area contributed by atoms with E-state index in [9.17, 15) is 14.7 Å². The summed E-state index contributed by atoms with van der Waals surface area (Å²) in [4.78, 5) is 25.3. The van der Waals surface area contributed by atoms with Crippen molar-refractivity contribution >= 4 is 11.8 Å². The van der Waals surface area contributed by atoms with Gasteiger partial charge in [-0.1, -0.05) is 26.8 Å². The summed E-state index contributed by atoms with van der Waals surface area (Å²) >= 11 is 0. The summed E-state index contributed by atoms with van der Waals surface area (Å²) in [5.41, 5.74) is -2.44. The summed E-state index contributed by atoms with van der Waals surface area (Å²) in [5.74, 6) is -0.786. The number of carbonyl (C=O) groups excluding carboxylic acids is 2. The average Bonchev–Trinajstić information content (AvgIpc) is 2.48. The highest BCUT2D eigenvalue weighted by Crippen LogP contribution is 2.65. The highest BCUT2D eigenvalue weighted by Gasteiger charge is 2.70. The van der Waals surface area contributed by atoms with Gasteiger partial charge in [0.1, 0.15) is 11.9 Å². The van der Waals surface area contributed by atoms with Gasteiger partial charge in [-0.3, -0.25) is 9.59 Å². The molecule has 0 radical (unpaired) electrons. The molecule has 2 aliphatic carbocycles. The summed E-state index contributed by atoms with van der Waals surface area (Å²) in [7, 11) is 0. The molecule has 3 aliphatic rings. The maximum atomic E-state index is 13.4. The van der Waals surface area contributed by atoms with Gasteiger partial charge in [0.25, 0.3) is 0 Å². The molecule has 1 saturated heterocycles. The fourth-order valence-electron chi connectivity index (χ4n) is 6.83. The molecule has 5 nitrogen and oxygen atoms in total. The van der Waals surface area contributed by atoms with Crippen molar-refractivity contribution in [1.29, 1.82) is 0 Å². The fraction of sp³-hybridized carbons (Fsp3) is 0.818.